The predicted molar refractivity (Wildman–Crippen MR) is 85.0 cm³/mol. The van der Waals surface area contributed by atoms with Crippen molar-refractivity contribution < 1.29 is 14.3 Å². The molecule has 2 aliphatic rings. The summed E-state index contributed by atoms with van der Waals surface area (Å²) in [6.07, 6.45) is 4.99. The fourth-order valence-electron chi connectivity index (χ4n) is 2.55. The minimum atomic E-state index is -0.0760. The molecular formula is C17H20N2O3. The average Bonchev–Trinajstić information content (AvgIpc) is 2.59. The molecule has 0 atom stereocenters. The van der Waals surface area contributed by atoms with Gasteiger partial charge in [0, 0.05) is 18.7 Å². The van der Waals surface area contributed by atoms with E-state index in [1.54, 1.807) is 7.11 Å². The second kappa shape index (κ2) is 6.66. The van der Waals surface area contributed by atoms with Gasteiger partial charge >= 0.3 is 0 Å². The molecule has 0 fully saturated rings. The summed E-state index contributed by atoms with van der Waals surface area (Å²) in [5, 5.41) is 6.22. The fraction of sp³-hybridized carbons (Fsp3) is 0.353. The van der Waals surface area contributed by atoms with Crippen LogP contribution in [0.3, 0.4) is 0 Å². The van der Waals surface area contributed by atoms with Gasteiger partial charge in [0.05, 0.1) is 12.7 Å². The van der Waals surface area contributed by atoms with Gasteiger partial charge in [0.25, 0.3) is 5.91 Å². The van der Waals surface area contributed by atoms with E-state index in [0.29, 0.717) is 18.7 Å². The van der Waals surface area contributed by atoms with Crippen molar-refractivity contribution in [1.29, 1.82) is 0 Å². The SMILES string of the molecule is COc1ccc2c(c1)C=C(C(=O)NCC1=CCNCC1)CO2. The third kappa shape index (κ3) is 3.31. The zero-order valence-electron chi connectivity index (χ0n) is 12.6. The molecular weight excluding hydrogens is 280 g/mol. The number of benzene rings is 1. The summed E-state index contributed by atoms with van der Waals surface area (Å²) >= 11 is 0. The van der Waals surface area contributed by atoms with Crippen molar-refractivity contribution in [2.75, 3.05) is 33.4 Å². The molecule has 22 heavy (non-hydrogen) atoms. The molecule has 0 saturated carbocycles. The Hall–Kier alpha value is -2.27. The lowest BCUT2D eigenvalue weighted by molar-refractivity contribution is -0.117. The van der Waals surface area contributed by atoms with Gasteiger partial charge in [0.1, 0.15) is 18.1 Å². The highest BCUT2D eigenvalue weighted by Crippen LogP contribution is 2.29. The number of carbonyl (C=O) groups excluding carboxylic acids is 1. The zero-order valence-corrected chi connectivity index (χ0v) is 12.6. The molecule has 2 aliphatic heterocycles. The first kappa shape index (κ1) is 14.7. The highest BCUT2D eigenvalue weighted by molar-refractivity contribution is 5.99. The average molecular weight is 300 g/mol. The molecule has 0 bridgehead atoms. The first-order valence-corrected chi connectivity index (χ1v) is 7.44. The number of rotatable bonds is 4. The van der Waals surface area contributed by atoms with Crippen LogP contribution < -0.4 is 20.1 Å². The van der Waals surface area contributed by atoms with Crippen molar-refractivity contribution in [3.05, 3.63) is 41.0 Å². The van der Waals surface area contributed by atoms with E-state index >= 15 is 0 Å². The Morgan fingerprint density at radius 2 is 2.36 bits per heavy atom. The molecule has 1 aromatic rings. The maximum atomic E-state index is 12.3. The molecule has 0 unspecified atom stereocenters. The van der Waals surface area contributed by atoms with Gasteiger partial charge < -0.3 is 20.1 Å². The third-order valence-electron chi connectivity index (χ3n) is 3.86. The van der Waals surface area contributed by atoms with Gasteiger partial charge in [0.15, 0.2) is 0 Å². The van der Waals surface area contributed by atoms with Crippen LogP contribution in [0.4, 0.5) is 0 Å². The second-order valence-corrected chi connectivity index (χ2v) is 5.36. The number of ether oxygens (including phenoxy) is 2. The summed E-state index contributed by atoms with van der Waals surface area (Å²) < 4.78 is 10.8. The first-order valence-electron chi connectivity index (χ1n) is 7.44. The van der Waals surface area contributed by atoms with E-state index in [1.165, 1.54) is 5.57 Å². The van der Waals surface area contributed by atoms with E-state index in [0.717, 1.165) is 36.6 Å². The molecule has 0 saturated heterocycles. The molecule has 0 aliphatic carbocycles. The van der Waals surface area contributed by atoms with Gasteiger partial charge in [-0.3, -0.25) is 4.79 Å². The van der Waals surface area contributed by atoms with Crippen LogP contribution in [0.1, 0.15) is 12.0 Å². The summed E-state index contributed by atoms with van der Waals surface area (Å²) in [4.78, 5) is 12.3. The summed E-state index contributed by atoms with van der Waals surface area (Å²) in [6.45, 7) is 2.75. The van der Waals surface area contributed by atoms with Crippen molar-refractivity contribution >= 4 is 12.0 Å². The molecule has 2 N–H and O–H groups in total. The van der Waals surface area contributed by atoms with E-state index in [1.807, 2.05) is 24.3 Å². The van der Waals surface area contributed by atoms with Crippen LogP contribution in [-0.4, -0.2) is 39.3 Å². The van der Waals surface area contributed by atoms with Gasteiger partial charge in [-0.2, -0.15) is 0 Å². The Balaban J connectivity index is 1.67. The molecule has 1 aromatic carbocycles. The second-order valence-electron chi connectivity index (χ2n) is 5.36. The summed E-state index contributed by atoms with van der Waals surface area (Å²) in [5.74, 6) is 1.45. The van der Waals surface area contributed by atoms with Crippen LogP contribution in [-0.2, 0) is 4.79 Å². The van der Waals surface area contributed by atoms with Crippen LogP contribution >= 0.6 is 0 Å². The number of methoxy groups -OCH3 is 1. The van der Waals surface area contributed by atoms with Gasteiger partial charge in [-0.15, -0.1) is 0 Å². The number of nitrogens with one attached hydrogen (secondary N) is 2. The smallest absolute Gasteiger partial charge is 0.250 e. The topological polar surface area (TPSA) is 59.6 Å². The Bertz CT molecular complexity index is 635. The van der Waals surface area contributed by atoms with Crippen molar-refractivity contribution in [3.63, 3.8) is 0 Å². The molecule has 0 radical (unpaired) electrons. The van der Waals surface area contributed by atoms with Crippen molar-refractivity contribution in [2.45, 2.75) is 6.42 Å². The summed E-state index contributed by atoms with van der Waals surface area (Å²) in [6, 6.07) is 5.58. The van der Waals surface area contributed by atoms with Crippen LogP contribution in [0, 0.1) is 0 Å². The summed E-state index contributed by atoms with van der Waals surface area (Å²) in [5.41, 5.74) is 2.78. The highest BCUT2D eigenvalue weighted by atomic mass is 16.5. The molecule has 3 rings (SSSR count). The molecule has 2 heterocycles. The molecule has 1 amide bonds. The Labute approximate surface area is 130 Å². The third-order valence-corrected chi connectivity index (χ3v) is 3.86. The van der Waals surface area contributed by atoms with E-state index in [-0.39, 0.29) is 5.91 Å². The molecule has 0 aromatic heterocycles. The van der Waals surface area contributed by atoms with Crippen molar-refractivity contribution in [2.24, 2.45) is 0 Å². The van der Waals surface area contributed by atoms with E-state index in [9.17, 15) is 4.79 Å². The molecule has 0 spiro atoms. The highest BCUT2D eigenvalue weighted by Gasteiger charge is 2.18. The lowest BCUT2D eigenvalue weighted by atomic mass is 10.1. The fourth-order valence-corrected chi connectivity index (χ4v) is 2.55. The Kier molecular flexibility index (Phi) is 4.44. The van der Waals surface area contributed by atoms with E-state index < -0.39 is 0 Å². The number of hydrogen-bond donors (Lipinski definition) is 2. The zero-order chi connectivity index (χ0) is 15.4. The number of carbonyl (C=O) groups is 1. The predicted octanol–water partition coefficient (Wildman–Crippen LogP) is 1.51. The lowest BCUT2D eigenvalue weighted by Gasteiger charge is -2.19. The quantitative estimate of drug-likeness (QED) is 0.828. The monoisotopic (exact) mass is 300 g/mol. The van der Waals surface area contributed by atoms with Crippen LogP contribution in [0.25, 0.3) is 6.08 Å². The van der Waals surface area contributed by atoms with E-state index in [2.05, 4.69) is 16.7 Å². The Morgan fingerprint density at radius 1 is 1.45 bits per heavy atom. The number of fused-ring (bicyclic) bond motifs is 1. The van der Waals surface area contributed by atoms with Gasteiger partial charge in [0.2, 0.25) is 0 Å². The van der Waals surface area contributed by atoms with Crippen molar-refractivity contribution in [3.8, 4) is 11.5 Å². The van der Waals surface area contributed by atoms with Crippen LogP contribution in [0.5, 0.6) is 11.5 Å². The molecule has 116 valence electrons. The number of hydrogen-bond acceptors (Lipinski definition) is 4. The van der Waals surface area contributed by atoms with Gasteiger partial charge in [-0.25, -0.2) is 0 Å². The Morgan fingerprint density at radius 3 is 3.14 bits per heavy atom. The van der Waals surface area contributed by atoms with Gasteiger partial charge in [-0.1, -0.05) is 11.6 Å². The van der Waals surface area contributed by atoms with Crippen LogP contribution in [0.2, 0.25) is 0 Å². The minimum absolute atomic E-state index is 0.0760. The maximum Gasteiger partial charge on any atom is 0.250 e. The molecule has 5 nitrogen and oxygen atoms in total. The normalized spacial score (nSPS) is 16.8. The van der Waals surface area contributed by atoms with E-state index in [4.69, 9.17) is 9.47 Å². The van der Waals surface area contributed by atoms with Crippen molar-refractivity contribution in [1.82, 2.24) is 10.6 Å². The van der Waals surface area contributed by atoms with Gasteiger partial charge in [-0.05, 0) is 37.2 Å². The first-order chi connectivity index (χ1) is 10.8. The molecule has 5 heteroatoms. The lowest BCUT2D eigenvalue weighted by Crippen LogP contribution is -2.32. The maximum absolute atomic E-state index is 12.3. The minimum Gasteiger partial charge on any atom is -0.497 e. The standard InChI is InChI=1S/C17H20N2O3/c1-21-15-2-3-16-13(9-15)8-14(11-22-16)17(20)19-10-12-4-6-18-7-5-12/h2-4,8-9,18H,5-7,10-11H2,1H3,(H,19,20). The van der Waals surface area contributed by atoms with Crippen LogP contribution in [0.15, 0.2) is 35.4 Å². The summed E-state index contributed by atoms with van der Waals surface area (Å²) in [7, 11) is 1.62. The largest absolute Gasteiger partial charge is 0.497 e. The number of amides is 1.